The molecule has 0 fully saturated rings. The zero-order chi connectivity index (χ0) is 17.7. The van der Waals surface area contributed by atoms with Crippen molar-refractivity contribution in [3.8, 4) is 5.75 Å². The van der Waals surface area contributed by atoms with Crippen molar-refractivity contribution in [3.63, 3.8) is 0 Å². The summed E-state index contributed by atoms with van der Waals surface area (Å²) in [6.45, 7) is 2.76. The van der Waals surface area contributed by atoms with E-state index in [4.69, 9.17) is 4.74 Å². The van der Waals surface area contributed by atoms with Gasteiger partial charge in [-0.1, -0.05) is 25.1 Å². The lowest BCUT2D eigenvalue weighted by molar-refractivity contribution is 0.314. The van der Waals surface area contributed by atoms with Gasteiger partial charge in [-0.2, -0.15) is 0 Å². The van der Waals surface area contributed by atoms with Gasteiger partial charge in [-0.05, 0) is 37.1 Å². The molecule has 0 aliphatic carbocycles. The van der Waals surface area contributed by atoms with Crippen molar-refractivity contribution < 1.29 is 13.2 Å². The quantitative estimate of drug-likeness (QED) is 0.610. The highest BCUT2D eigenvalue weighted by Gasteiger charge is 2.15. The number of hydrogen-bond acceptors (Lipinski definition) is 5. The molecule has 0 amide bonds. The number of sulfonamides is 1. The number of aryl methyl sites for hydroxylation is 1. The summed E-state index contributed by atoms with van der Waals surface area (Å²) < 4.78 is 33.2. The van der Waals surface area contributed by atoms with Crippen molar-refractivity contribution in [3.05, 3.63) is 53.5 Å². The summed E-state index contributed by atoms with van der Waals surface area (Å²) in [5, 5.41) is 1.02. The van der Waals surface area contributed by atoms with Crippen LogP contribution in [0.3, 0.4) is 0 Å². The van der Waals surface area contributed by atoms with Gasteiger partial charge in [0.2, 0.25) is 10.0 Å². The first kappa shape index (κ1) is 17.8. The molecule has 0 unspecified atom stereocenters. The van der Waals surface area contributed by atoms with Crippen molar-refractivity contribution >= 4 is 32.3 Å². The first-order valence-electron chi connectivity index (χ1n) is 8.15. The van der Waals surface area contributed by atoms with Gasteiger partial charge in [0.15, 0.2) is 0 Å². The zero-order valence-corrected chi connectivity index (χ0v) is 15.6. The molecule has 0 spiro atoms. The second kappa shape index (κ2) is 7.95. The average molecular weight is 377 g/mol. The van der Waals surface area contributed by atoms with Gasteiger partial charge in [0.25, 0.3) is 0 Å². The minimum atomic E-state index is -3.43. The number of fused-ring (bicyclic) bond motifs is 1. The Morgan fingerprint density at radius 2 is 2.00 bits per heavy atom. The number of hydrogen-bond donors (Lipinski definition) is 1. The molecule has 5 nitrogen and oxygen atoms in total. The summed E-state index contributed by atoms with van der Waals surface area (Å²) in [4.78, 5) is 5.40. The van der Waals surface area contributed by atoms with E-state index in [1.807, 2.05) is 43.3 Å². The molecular formula is C18H20N2O3S2. The van der Waals surface area contributed by atoms with Gasteiger partial charge < -0.3 is 4.74 Å². The van der Waals surface area contributed by atoms with Crippen LogP contribution in [0.15, 0.2) is 52.9 Å². The smallest absolute Gasteiger partial charge is 0.250 e. The monoisotopic (exact) mass is 376 g/mol. The van der Waals surface area contributed by atoms with Crippen LogP contribution in [0.25, 0.3) is 10.9 Å². The summed E-state index contributed by atoms with van der Waals surface area (Å²) in [7, 11) is -3.43. The molecule has 3 rings (SSSR count). The molecule has 0 radical (unpaired) electrons. The van der Waals surface area contributed by atoms with Crippen molar-refractivity contribution in [1.29, 1.82) is 0 Å². The molecule has 0 aliphatic heterocycles. The lowest BCUT2D eigenvalue weighted by Gasteiger charge is -2.09. The van der Waals surface area contributed by atoms with Gasteiger partial charge >= 0.3 is 0 Å². The van der Waals surface area contributed by atoms with E-state index in [-0.39, 0.29) is 0 Å². The fourth-order valence-electron chi connectivity index (χ4n) is 2.42. The Labute approximate surface area is 151 Å². The van der Waals surface area contributed by atoms with Crippen LogP contribution in [-0.2, 0) is 16.4 Å². The van der Waals surface area contributed by atoms with Gasteiger partial charge in [0.1, 0.15) is 15.5 Å². The second-order valence-corrected chi connectivity index (χ2v) is 8.67. The Bertz CT molecular complexity index is 946. The molecule has 1 aromatic carbocycles. The second-order valence-electron chi connectivity index (χ2n) is 5.51. The lowest BCUT2D eigenvalue weighted by Crippen LogP contribution is -2.25. The standard InChI is InChI=1S/C18H20N2O3S2/c1-2-15-9-10-17(24-15)25(21,22)20-12-5-13-23-16-8-3-6-14-7-4-11-19-18(14)16/h3-4,6-11,20H,2,5,12-13H2,1H3. The number of thiophene rings is 1. The molecule has 0 aliphatic rings. The molecule has 0 saturated heterocycles. The Kier molecular flexibility index (Phi) is 5.67. The fraction of sp³-hybridized carbons (Fsp3) is 0.278. The van der Waals surface area contributed by atoms with E-state index < -0.39 is 10.0 Å². The number of nitrogens with one attached hydrogen (secondary N) is 1. The summed E-state index contributed by atoms with van der Waals surface area (Å²) in [5.74, 6) is 0.715. The van der Waals surface area contributed by atoms with Gasteiger partial charge in [-0.15, -0.1) is 11.3 Å². The maximum atomic E-state index is 12.2. The minimum absolute atomic E-state index is 0.333. The first-order valence-corrected chi connectivity index (χ1v) is 10.4. The normalized spacial score (nSPS) is 11.7. The van der Waals surface area contributed by atoms with Crippen LogP contribution in [0, 0.1) is 0 Å². The molecular weight excluding hydrogens is 356 g/mol. The highest BCUT2D eigenvalue weighted by molar-refractivity contribution is 7.91. The summed E-state index contributed by atoms with van der Waals surface area (Å²) in [6.07, 6.45) is 3.15. The van der Waals surface area contributed by atoms with Gasteiger partial charge in [0, 0.05) is 23.0 Å². The van der Waals surface area contributed by atoms with Gasteiger partial charge in [-0.25, -0.2) is 13.1 Å². The number of para-hydroxylation sites is 1. The lowest BCUT2D eigenvalue weighted by atomic mass is 10.2. The largest absolute Gasteiger partial charge is 0.491 e. The first-order chi connectivity index (χ1) is 12.1. The molecule has 2 aromatic heterocycles. The molecule has 1 N–H and O–H groups in total. The molecule has 3 aromatic rings. The Morgan fingerprint density at radius 1 is 1.16 bits per heavy atom. The molecule has 2 heterocycles. The highest BCUT2D eigenvalue weighted by atomic mass is 32.2. The number of nitrogens with zero attached hydrogens (tertiary/aromatic N) is 1. The predicted octanol–water partition coefficient (Wildman–Crippen LogP) is 3.61. The van der Waals surface area contributed by atoms with Crippen molar-refractivity contribution in [1.82, 2.24) is 9.71 Å². The van der Waals surface area contributed by atoms with Crippen LogP contribution in [0.2, 0.25) is 0 Å². The molecule has 7 heteroatoms. The van der Waals surface area contributed by atoms with Crippen LogP contribution >= 0.6 is 11.3 Å². The van der Waals surface area contributed by atoms with Crippen LogP contribution in [-0.4, -0.2) is 26.6 Å². The van der Waals surface area contributed by atoms with E-state index >= 15 is 0 Å². The molecule has 0 bridgehead atoms. The molecule has 25 heavy (non-hydrogen) atoms. The summed E-state index contributed by atoms with van der Waals surface area (Å²) in [5.41, 5.74) is 0.816. The summed E-state index contributed by atoms with van der Waals surface area (Å²) in [6, 6.07) is 13.2. The van der Waals surface area contributed by atoms with E-state index in [9.17, 15) is 8.42 Å². The third kappa shape index (κ3) is 4.36. The topological polar surface area (TPSA) is 68.3 Å². The Hall–Kier alpha value is -1.96. The Morgan fingerprint density at radius 3 is 2.80 bits per heavy atom. The SMILES string of the molecule is CCc1ccc(S(=O)(=O)NCCCOc2cccc3cccnc23)s1. The van der Waals surface area contributed by atoms with Crippen molar-refractivity contribution in [2.45, 2.75) is 24.0 Å². The summed E-state index contributed by atoms with van der Waals surface area (Å²) >= 11 is 1.31. The number of benzene rings is 1. The van der Waals surface area contributed by atoms with Crippen LogP contribution in [0.1, 0.15) is 18.2 Å². The van der Waals surface area contributed by atoms with E-state index in [1.54, 1.807) is 12.3 Å². The predicted molar refractivity (Wildman–Crippen MR) is 101 cm³/mol. The molecule has 132 valence electrons. The van der Waals surface area contributed by atoms with Crippen LogP contribution in [0.4, 0.5) is 0 Å². The Balaban J connectivity index is 1.51. The average Bonchev–Trinajstić information content (AvgIpc) is 3.12. The van der Waals surface area contributed by atoms with Crippen LogP contribution in [0.5, 0.6) is 5.75 Å². The third-order valence-electron chi connectivity index (χ3n) is 3.72. The number of aromatic nitrogens is 1. The van der Waals surface area contributed by atoms with Crippen molar-refractivity contribution in [2.75, 3.05) is 13.2 Å². The molecule has 0 atom stereocenters. The molecule has 0 saturated carbocycles. The highest BCUT2D eigenvalue weighted by Crippen LogP contribution is 2.23. The maximum Gasteiger partial charge on any atom is 0.250 e. The van der Waals surface area contributed by atoms with E-state index in [0.717, 1.165) is 22.2 Å². The van der Waals surface area contributed by atoms with Gasteiger partial charge in [-0.3, -0.25) is 4.98 Å². The number of rotatable bonds is 8. The van der Waals surface area contributed by atoms with E-state index in [0.29, 0.717) is 29.5 Å². The minimum Gasteiger partial charge on any atom is -0.491 e. The van der Waals surface area contributed by atoms with E-state index in [1.165, 1.54) is 11.3 Å². The fourth-order valence-corrected chi connectivity index (χ4v) is 4.83. The van der Waals surface area contributed by atoms with E-state index in [2.05, 4.69) is 9.71 Å². The number of ether oxygens (including phenoxy) is 1. The third-order valence-corrected chi connectivity index (χ3v) is 6.90. The zero-order valence-electron chi connectivity index (χ0n) is 13.9. The van der Waals surface area contributed by atoms with Crippen LogP contribution < -0.4 is 9.46 Å². The van der Waals surface area contributed by atoms with Gasteiger partial charge in [0.05, 0.1) is 6.61 Å². The maximum absolute atomic E-state index is 12.2. The van der Waals surface area contributed by atoms with Crippen molar-refractivity contribution in [2.24, 2.45) is 0 Å². The number of pyridine rings is 1.